The molecule has 12 heteroatoms. The predicted octanol–water partition coefficient (Wildman–Crippen LogP) is 0.965. The van der Waals surface area contributed by atoms with Crippen LogP contribution in [0.2, 0.25) is 0 Å². The molecule has 1 aliphatic heterocycles. The highest BCUT2D eigenvalue weighted by Gasteiger charge is 2.27. The quantitative estimate of drug-likeness (QED) is 0.358. The van der Waals surface area contributed by atoms with Gasteiger partial charge in [-0.15, -0.1) is 0 Å². The van der Waals surface area contributed by atoms with Crippen LogP contribution in [0.3, 0.4) is 0 Å². The van der Waals surface area contributed by atoms with Gasteiger partial charge in [0.2, 0.25) is 16.0 Å². The summed E-state index contributed by atoms with van der Waals surface area (Å²) in [5.74, 6) is 0.0250. The Morgan fingerprint density at radius 1 is 1.16 bits per heavy atom. The molecular weight excluding hydrogens is 424 g/mol. The third-order valence-electron chi connectivity index (χ3n) is 5.08. The zero-order valence-corrected chi connectivity index (χ0v) is 17.9. The van der Waals surface area contributed by atoms with Gasteiger partial charge in [-0.1, -0.05) is 6.07 Å². The van der Waals surface area contributed by atoms with E-state index in [9.17, 15) is 23.3 Å². The van der Waals surface area contributed by atoms with Crippen LogP contribution in [0.15, 0.2) is 36.7 Å². The highest BCUT2D eigenvalue weighted by Crippen LogP contribution is 2.21. The lowest BCUT2D eigenvalue weighted by Crippen LogP contribution is -2.49. The number of nitro groups is 1. The van der Waals surface area contributed by atoms with E-state index in [2.05, 4.69) is 15.3 Å². The van der Waals surface area contributed by atoms with Crippen LogP contribution < -0.4 is 10.2 Å². The number of aromatic nitrogens is 2. The zero-order chi connectivity index (χ0) is 22.4. The second kappa shape index (κ2) is 9.79. The predicted molar refractivity (Wildman–Crippen MR) is 114 cm³/mol. The van der Waals surface area contributed by atoms with Crippen LogP contribution in [-0.4, -0.2) is 72.0 Å². The van der Waals surface area contributed by atoms with Gasteiger partial charge in [0.1, 0.15) is 0 Å². The Hall–Kier alpha value is -3.12. The summed E-state index contributed by atoms with van der Waals surface area (Å²) in [6, 6.07) is 6.01. The molecule has 11 nitrogen and oxygen atoms in total. The van der Waals surface area contributed by atoms with Crippen LogP contribution >= 0.6 is 0 Å². The molecule has 0 unspecified atom stereocenters. The Bertz CT molecular complexity index is 1040. The molecule has 0 aliphatic carbocycles. The summed E-state index contributed by atoms with van der Waals surface area (Å²) in [6.07, 6.45) is 3.54. The van der Waals surface area contributed by atoms with Crippen LogP contribution in [0.1, 0.15) is 22.3 Å². The highest BCUT2D eigenvalue weighted by molar-refractivity contribution is 7.89. The van der Waals surface area contributed by atoms with Crippen LogP contribution in [0, 0.1) is 17.0 Å². The molecule has 1 aromatic heterocycles. The second-order valence-corrected chi connectivity index (χ2v) is 9.16. The number of rotatable bonds is 8. The number of carbonyl (C=O) groups is 1. The molecule has 31 heavy (non-hydrogen) atoms. The van der Waals surface area contributed by atoms with Crippen molar-refractivity contribution in [3.63, 3.8) is 0 Å². The summed E-state index contributed by atoms with van der Waals surface area (Å²) in [5, 5.41) is 13.7. The molecule has 0 spiro atoms. The number of hydrogen-bond acceptors (Lipinski definition) is 8. The largest absolute Gasteiger partial charge is 0.352 e. The summed E-state index contributed by atoms with van der Waals surface area (Å²) in [6.45, 7) is 3.37. The molecular formula is C19H24N6O5S. The first kappa shape index (κ1) is 22.6. The number of anilines is 1. The summed E-state index contributed by atoms with van der Waals surface area (Å²) in [5.41, 5.74) is 0.351. The standard InChI is InChI=1S/C19H24N6O5S/c1-15-16(5-2-6-17(15)25(27)28)18(26)20-9-4-14-31(29,30)24-12-10-23(11-13-24)19-21-7-3-8-22-19/h2-3,5-8H,4,9-14H2,1H3,(H,20,26). The molecule has 0 atom stereocenters. The lowest BCUT2D eigenvalue weighted by molar-refractivity contribution is -0.385. The van der Waals surface area contributed by atoms with E-state index >= 15 is 0 Å². The molecule has 1 aromatic carbocycles. The van der Waals surface area contributed by atoms with Gasteiger partial charge in [0, 0.05) is 62.3 Å². The van der Waals surface area contributed by atoms with Crippen LogP contribution in [0.5, 0.6) is 0 Å². The number of sulfonamides is 1. The van der Waals surface area contributed by atoms with Gasteiger partial charge < -0.3 is 10.2 Å². The molecule has 1 fully saturated rings. The van der Waals surface area contributed by atoms with Gasteiger partial charge in [-0.3, -0.25) is 14.9 Å². The van der Waals surface area contributed by atoms with Gasteiger partial charge in [-0.25, -0.2) is 18.4 Å². The van der Waals surface area contributed by atoms with Crippen LogP contribution in [0.25, 0.3) is 0 Å². The molecule has 3 rings (SSSR count). The average Bonchev–Trinajstić information content (AvgIpc) is 2.77. The Labute approximate surface area is 180 Å². The summed E-state index contributed by atoms with van der Waals surface area (Å²) in [4.78, 5) is 33.1. The Kier molecular flexibility index (Phi) is 7.13. The third-order valence-corrected chi connectivity index (χ3v) is 7.03. The molecule has 0 radical (unpaired) electrons. The zero-order valence-electron chi connectivity index (χ0n) is 17.1. The van der Waals surface area contributed by atoms with E-state index in [4.69, 9.17) is 0 Å². The van der Waals surface area contributed by atoms with Gasteiger partial charge in [0.05, 0.1) is 10.7 Å². The van der Waals surface area contributed by atoms with Gasteiger partial charge in [-0.2, -0.15) is 4.31 Å². The number of carbonyl (C=O) groups excluding carboxylic acids is 1. The Morgan fingerprint density at radius 3 is 2.48 bits per heavy atom. The second-order valence-electron chi connectivity index (χ2n) is 7.07. The minimum atomic E-state index is -3.45. The smallest absolute Gasteiger partial charge is 0.273 e. The van der Waals surface area contributed by atoms with Crippen LogP contribution in [-0.2, 0) is 10.0 Å². The first-order valence-corrected chi connectivity index (χ1v) is 11.4. The summed E-state index contributed by atoms with van der Waals surface area (Å²) < 4.78 is 26.7. The van der Waals surface area contributed by atoms with E-state index in [1.807, 2.05) is 4.90 Å². The van der Waals surface area contributed by atoms with Gasteiger partial charge in [0.15, 0.2) is 0 Å². The summed E-state index contributed by atoms with van der Waals surface area (Å²) >= 11 is 0. The average molecular weight is 449 g/mol. The fraction of sp³-hybridized carbons (Fsp3) is 0.421. The SMILES string of the molecule is Cc1c(C(=O)NCCCS(=O)(=O)N2CCN(c3ncccn3)CC2)cccc1[N+](=O)[O-]. The van der Waals surface area contributed by atoms with E-state index in [1.165, 1.54) is 29.4 Å². The highest BCUT2D eigenvalue weighted by atomic mass is 32.2. The molecule has 1 aliphatic rings. The van der Waals surface area contributed by atoms with Crippen molar-refractivity contribution in [2.75, 3.05) is 43.4 Å². The molecule has 0 saturated carbocycles. The number of amides is 1. The van der Waals surface area contributed by atoms with Crippen molar-refractivity contribution in [3.05, 3.63) is 57.9 Å². The first-order chi connectivity index (χ1) is 14.8. The van der Waals surface area contributed by atoms with Crippen molar-refractivity contribution in [1.29, 1.82) is 0 Å². The van der Waals surface area contributed by atoms with Crippen molar-refractivity contribution in [2.45, 2.75) is 13.3 Å². The molecule has 2 aromatic rings. The molecule has 1 amide bonds. The molecule has 166 valence electrons. The van der Waals surface area contributed by atoms with Gasteiger partial charge in [-0.05, 0) is 25.5 Å². The number of hydrogen-bond donors (Lipinski definition) is 1. The minimum Gasteiger partial charge on any atom is -0.352 e. The lowest BCUT2D eigenvalue weighted by Gasteiger charge is -2.33. The number of piperazine rings is 1. The monoisotopic (exact) mass is 448 g/mol. The third kappa shape index (κ3) is 5.52. The molecule has 0 bridgehead atoms. The van der Waals surface area contributed by atoms with Crippen molar-refractivity contribution >= 4 is 27.6 Å². The molecule has 1 N–H and O–H groups in total. The van der Waals surface area contributed by atoms with Crippen molar-refractivity contribution < 1.29 is 18.1 Å². The van der Waals surface area contributed by atoms with Gasteiger partial charge >= 0.3 is 0 Å². The topological polar surface area (TPSA) is 139 Å². The van der Waals surface area contributed by atoms with E-state index in [-0.39, 0.29) is 35.5 Å². The maximum absolute atomic E-state index is 12.6. The van der Waals surface area contributed by atoms with E-state index in [1.54, 1.807) is 18.5 Å². The Balaban J connectivity index is 1.47. The molecule has 1 saturated heterocycles. The van der Waals surface area contributed by atoms with Crippen molar-refractivity contribution in [1.82, 2.24) is 19.6 Å². The molecule has 2 heterocycles. The van der Waals surface area contributed by atoms with E-state index < -0.39 is 20.9 Å². The van der Waals surface area contributed by atoms with E-state index in [0.29, 0.717) is 32.1 Å². The fourth-order valence-electron chi connectivity index (χ4n) is 3.37. The fourth-order valence-corrected chi connectivity index (χ4v) is 4.86. The number of nitrogens with zero attached hydrogens (tertiary/aromatic N) is 5. The summed E-state index contributed by atoms with van der Waals surface area (Å²) in [7, 11) is -3.45. The first-order valence-electron chi connectivity index (χ1n) is 9.81. The maximum Gasteiger partial charge on any atom is 0.273 e. The maximum atomic E-state index is 12.6. The number of nitro benzene ring substituents is 1. The number of nitrogens with one attached hydrogen (secondary N) is 1. The number of benzene rings is 1. The van der Waals surface area contributed by atoms with Crippen LogP contribution in [0.4, 0.5) is 11.6 Å². The van der Waals surface area contributed by atoms with E-state index in [0.717, 1.165) is 0 Å². The normalized spacial score (nSPS) is 14.9. The minimum absolute atomic E-state index is 0.0942. The lowest BCUT2D eigenvalue weighted by atomic mass is 10.1. The van der Waals surface area contributed by atoms with Crippen molar-refractivity contribution in [3.8, 4) is 0 Å². The van der Waals surface area contributed by atoms with Gasteiger partial charge in [0.25, 0.3) is 11.6 Å². The van der Waals surface area contributed by atoms with Crippen molar-refractivity contribution in [2.24, 2.45) is 0 Å². The Morgan fingerprint density at radius 2 is 1.84 bits per heavy atom.